The van der Waals surface area contributed by atoms with E-state index < -0.39 is 0 Å². The lowest BCUT2D eigenvalue weighted by atomic mass is 10.1. The van der Waals surface area contributed by atoms with Gasteiger partial charge in [-0.3, -0.25) is 10.1 Å². The molecule has 0 aromatic heterocycles. The Labute approximate surface area is 168 Å². The van der Waals surface area contributed by atoms with E-state index in [1.807, 2.05) is 24.3 Å². The molecule has 0 fully saturated rings. The molecule has 0 spiro atoms. The Morgan fingerprint density at radius 3 is 2.69 bits per heavy atom. The lowest BCUT2D eigenvalue weighted by Gasteiger charge is -2.13. The topological polar surface area (TPSA) is 50.4 Å². The number of carbonyl (C=O) groups is 1. The molecule has 0 radical (unpaired) electrons. The summed E-state index contributed by atoms with van der Waals surface area (Å²) < 4.78 is 6.66. The maximum atomic E-state index is 12.6. The first-order chi connectivity index (χ1) is 12.6. The summed E-state index contributed by atoms with van der Waals surface area (Å²) in [5.74, 6) is 0.257. The van der Waals surface area contributed by atoms with E-state index in [0.29, 0.717) is 23.0 Å². The standard InChI is InChI=1S/C20H23BrN2O2S/c1-2-3-12-22-20(26)23-19(24)17-14-16(21)9-10-18(17)25-13-11-15-7-5-4-6-8-15/h4-10,14H,2-3,11-13H2,1H3,(H2,22,23,24,26). The van der Waals surface area contributed by atoms with Gasteiger partial charge < -0.3 is 10.1 Å². The molecule has 0 bridgehead atoms. The van der Waals surface area contributed by atoms with Crippen LogP contribution in [0.15, 0.2) is 53.0 Å². The number of unbranched alkanes of at least 4 members (excludes halogenated alkanes) is 1. The van der Waals surface area contributed by atoms with Crippen molar-refractivity contribution in [2.45, 2.75) is 26.2 Å². The third-order valence-corrected chi connectivity index (χ3v) is 4.46. The van der Waals surface area contributed by atoms with Gasteiger partial charge in [-0.25, -0.2) is 0 Å². The number of thiocarbonyl (C=S) groups is 1. The molecule has 0 unspecified atom stereocenters. The van der Waals surface area contributed by atoms with E-state index in [0.717, 1.165) is 30.3 Å². The summed E-state index contributed by atoms with van der Waals surface area (Å²) in [4.78, 5) is 12.6. The number of carbonyl (C=O) groups excluding carboxylic acids is 1. The molecule has 2 rings (SSSR count). The fourth-order valence-corrected chi connectivity index (χ4v) is 2.88. The van der Waals surface area contributed by atoms with E-state index in [1.54, 1.807) is 12.1 Å². The highest BCUT2D eigenvalue weighted by Gasteiger charge is 2.14. The van der Waals surface area contributed by atoms with Crippen LogP contribution in [0.5, 0.6) is 5.75 Å². The van der Waals surface area contributed by atoms with Crippen molar-refractivity contribution in [1.82, 2.24) is 10.6 Å². The van der Waals surface area contributed by atoms with Gasteiger partial charge in [0.25, 0.3) is 5.91 Å². The van der Waals surface area contributed by atoms with Gasteiger partial charge in [-0.05, 0) is 42.4 Å². The zero-order valence-corrected chi connectivity index (χ0v) is 17.2. The average molecular weight is 435 g/mol. The highest BCUT2D eigenvalue weighted by Crippen LogP contribution is 2.23. The van der Waals surface area contributed by atoms with Crippen molar-refractivity contribution in [1.29, 1.82) is 0 Å². The molecule has 138 valence electrons. The average Bonchev–Trinajstić information content (AvgIpc) is 2.64. The van der Waals surface area contributed by atoms with Crippen LogP contribution in [0.3, 0.4) is 0 Å². The first kappa shape index (κ1) is 20.4. The summed E-state index contributed by atoms with van der Waals surface area (Å²) in [6.45, 7) is 3.34. The summed E-state index contributed by atoms with van der Waals surface area (Å²) in [5, 5.41) is 6.07. The molecule has 1 amide bonds. The van der Waals surface area contributed by atoms with Crippen LogP contribution in [0.2, 0.25) is 0 Å². The van der Waals surface area contributed by atoms with Gasteiger partial charge in [0.15, 0.2) is 5.11 Å². The summed E-state index contributed by atoms with van der Waals surface area (Å²) in [6.07, 6.45) is 2.84. The summed E-state index contributed by atoms with van der Waals surface area (Å²) in [6, 6.07) is 15.5. The first-order valence-electron chi connectivity index (χ1n) is 8.65. The zero-order valence-electron chi connectivity index (χ0n) is 14.8. The molecule has 0 aliphatic rings. The van der Waals surface area contributed by atoms with Crippen LogP contribution >= 0.6 is 28.1 Å². The Hall–Kier alpha value is -1.92. The van der Waals surface area contributed by atoms with Crippen molar-refractivity contribution in [2.75, 3.05) is 13.2 Å². The van der Waals surface area contributed by atoms with Gasteiger partial charge in [0.05, 0.1) is 12.2 Å². The quantitative estimate of drug-likeness (QED) is 0.475. The summed E-state index contributed by atoms with van der Waals surface area (Å²) >= 11 is 8.58. The highest BCUT2D eigenvalue weighted by atomic mass is 79.9. The Morgan fingerprint density at radius 1 is 1.19 bits per heavy atom. The lowest BCUT2D eigenvalue weighted by Crippen LogP contribution is -2.39. The van der Waals surface area contributed by atoms with Gasteiger partial charge in [-0.1, -0.05) is 59.6 Å². The fourth-order valence-electron chi connectivity index (χ4n) is 2.32. The Balaban J connectivity index is 1.97. The number of hydrogen-bond donors (Lipinski definition) is 2. The van der Waals surface area contributed by atoms with E-state index in [2.05, 4.69) is 45.6 Å². The molecule has 2 aromatic rings. The van der Waals surface area contributed by atoms with Crippen LogP contribution < -0.4 is 15.4 Å². The maximum Gasteiger partial charge on any atom is 0.261 e. The molecule has 2 aromatic carbocycles. The van der Waals surface area contributed by atoms with Crippen molar-refractivity contribution < 1.29 is 9.53 Å². The van der Waals surface area contributed by atoms with E-state index in [1.165, 1.54) is 5.56 Å². The van der Waals surface area contributed by atoms with Crippen molar-refractivity contribution in [2.24, 2.45) is 0 Å². The minimum Gasteiger partial charge on any atom is -0.492 e. The van der Waals surface area contributed by atoms with Crippen molar-refractivity contribution in [3.8, 4) is 5.75 Å². The lowest BCUT2D eigenvalue weighted by molar-refractivity contribution is 0.0972. The molecule has 6 heteroatoms. The molecular formula is C20H23BrN2O2S. The second-order valence-corrected chi connectivity index (χ2v) is 7.11. The van der Waals surface area contributed by atoms with Crippen LogP contribution in [0.1, 0.15) is 35.7 Å². The molecular weight excluding hydrogens is 412 g/mol. The van der Waals surface area contributed by atoms with Gasteiger partial charge in [-0.15, -0.1) is 0 Å². The second-order valence-electron chi connectivity index (χ2n) is 5.79. The molecule has 2 N–H and O–H groups in total. The minimum atomic E-state index is -0.282. The predicted molar refractivity (Wildman–Crippen MR) is 113 cm³/mol. The molecule has 0 saturated heterocycles. The fraction of sp³-hybridized carbons (Fsp3) is 0.300. The third-order valence-electron chi connectivity index (χ3n) is 3.72. The maximum absolute atomic E-state index is 12.6. The number of hydrogen-bond acceptors (Lipinski definition) is 3. The van der Waals surface area contributed by atoms with Crippen molar-refractivity contribution in [3.05, 3.63) is 64.1 Å². The number of benzene rings is 2. The SMILES string of the molecule is CCCCNC(=S)NC(=O)c1cc(Br)ccc1OCCc1ccccc1. The molecule has 26 heavy (non-hydrogen) atoms. The van der Waals surface area contributed by atoms with Gasteiger partial charge in [0.1, 0.15) is 5.75 Å². The number of halogens is 1. The smallest absolute Gasteiger partial charge is 0.261 e. The predicted octanol–water partition coefficient (Wildman–Crippen LogP) is 4.48. The first-order valence-corrected chi connectivity index (χ1v) is 9.85. The van der Waals surface area contributed by atoms with Crippen molar-refractivity contribution in [3.63, 3.8) is 0 Å². The van der Waals surface area contributed by atoms with Gasteiger partial charge >= 0.3 is 0 Å². The van der Waals surface area contributed by atoms with Crippen LogP contribution in [-0.2, 0) is 6.42 Å². The van der Waals surface area contributed by atoms with Gasteiger partial charge in [0, 0.05) is 17.4 Å². The minimum absolute atomic E-state index is 0.282. The number of ether oxygens (including phenoxy) is 1. The third kappa shape index (κ3) is 6.77. The van der Waals surface area contributed by atoms with Crippen molar-refractivity contribution >= 4 is 39.2 Å². The summed E-state index contributed by atoms with van der Waals surface area (Å²) in [7, 11) is 0. The molecule has 0 aliphatic carbocycles. The van der Waals surface area contributed by atoms with Crippen LogP contribution in [-0.4, -0.2) is 24.2 Å². The number of rotatable bonds is 8. The summed E-state index contributed by atoms with van der Waals surface area (Å²) in [5.41, 5.74) is 1.64. The van der Waals surface area contributed by atoms with Gasteiger partial charge in [-0.2, -0.15) is 0 Å². The molecule has 0 atom stereocenters. The Bertz CT molecular complexity index is 738. The Kier molecular flexibility index (Phi) is 8.58. The van der Waals surface area contributed by atoms with E-state index >= 15 is 0 Å². The molecule has 4 nitrogen and oxygen atoms in total. The zero-order chi connectivity index (χ0) is 18.8. The van der Waals surface area contributed by atoms with E-state index in [4.69, 9.17) is 17.0 Å². The molecule has 0 saturated carbocycles. The van der Waals surface area contributed by atoms with Crippen LogP contribution in [0.25, 0.3) is 0 Å². The largest absolute Gasteiger partial charge is 0.492 e. The molecule has 0 heterocycles. The van der Waals surface area contributed by atoms with Crippen LogP contribution in [0.4, 0.5) is 0 Å². The second kappa shape index (κ2) is 10.9. The van der Waals surface area contributed by atoms with Crippen LogP contribution in [0, 0.1) is 0 Å². The monoisotopic (exact) mass is 434 g/mol. The number of nitrogens with one attached hydrogen (secondary N) is 2. The van der Waals surface area contributed by atoms with Gasteiger partial charge in [0.2, 0.25) is 0 Å². The highest BCUT2D eigenvalue weighted by molar-refractivity contribution is 9.10. The van der Waals surface area contributed by atoms with E-state index in [9.17, 15) is 4.79 Å². The van der Waals surface area contributed by atoms with E-state index in [-0.39, 0.29) is 5.91 Å². The normalized spacial score (nSPS) is 10.2. The number of amides is 1. The molecule has 0 aliphatic heterocycles. The Morgan fingerprint density at radius 2 is 1.96 bits per heavy atom.